The molecule has 1 aromatic heterocycles. The number of carbonyl (C=O) groups is 1. The van der Waals surface area contributed by atoms with Crippen LogP contribution in [0.3, 0.4) is 0 Å². The van der Waals surface area contributed by atoms with Gasteiger partial charge in [-0.1, -0.05) is 13.3 Å². The van der Waals surface area contributed by atoms with Crippen molar-refractivity contribution >= 4 is 5.91 Å². The zero-order valence-corrected chi connectivity index (χ0v) is 8.92. The molecule has 0 atom stereocenters. The average molecular weight is 194 g/mol. The molecule has 1 aromatic rings. The van der Waals surface area contributed by atoms with Gasteiger partial charge in [0.25, 0.3) is 0 Å². The molecule has 14 heavy (non-hydrogen) atoms. The highest BCUT2D eigenvalue weighted by atomic mass is 16.1. The first kappa shape index (κ1) is 10.8. The van der Waals surface area contributed by atoms with E-state index in [1.165, 1.54) is 0 Å². The van der Waals surface area contributed by atoms with Gasteiger partial charge in [-0.05, 0) is 18.1 Å². The summed E-state index contributed by atoms with van der Waals surface area (Å²) in [7, 11) is 1.96. The minimum atomic E-state index is 0.115. The zero-order chi connectivity index (χ0) is 10.4. The Morgan fingerprint density at radius 3 is 2.93 bits per heavy atom. The van der Waals surface area contributed by atoms with E-state index >= 15 is 0 Å². The highest BCUT2D eigenvalue weighted by Crippen LogP contribution is 2.00. The van der Waals surface area contributed by atoms with Gasteiger partial charge in [-0.3, -0.25) is 4.79 Å². The molecular weight excluding hydrogens is 176 g/mol. The van der Waals surface area contributed by atoms with Gasteiger partial charge in [0.1, 0.15) is 0 Å². The summed E-state index contributed by atoms with van der Waals surface area (Å²) in [5.74, 6) is 0.115. The fourth-order valence-electron chi connectivity index (χ4n) is 1.32. The molecular formula is C11H18N2O. The Labute approximate surface area is 85.1 Å². The first-order valence-corrected chi connectivity index (χ1v) is 5.10. The molecule has 3 nitrogen and oxygen atoms in total. The van der Waals surface area contributed by atoms with Gasteiger partial charge in [-0.2, -0.15) is 0 Å². The van der Waals surface area contributed by atoms with E-state index in [9.17, 15) is 4.79 Å². The third-order valence-corrected chi connectivity index (χ3v) is 2.11. The van der Waals surface area contributed by atoms with Crippen molar-refractivity contribution in [2.75, 3.05) is 6.54 Å². The average Bonchev–Trinajstić information content (AvgIpc) is 2.52. The maximum Gasteiger partial charge on any atom is 0.224 e. The molecule has 0 radical (unpaired) electrons. The van der Waals surface area contributed by atoms with E-state index in [1.807, 2.05) is 30.1 Å². The fraction of sp³-hybridized carbons (Fsp3) is 0.545. The Morgan fingerprint density at radius 1 is 1.57 bits per heavy atom. The second-order valence-electron chi connectivity index (χ2n) is 3.57. The van der Waals surface area contributed by atoms with E-state index < -0.39 is 0 Å². The Bertz CT molecular complexity index is 291. The Hall–Kier alpha value is -1.25. The van der Waals surface area contributed by atoms with Crippen LogP contribution in [-0.2, 0) is 18.3 Å². The van der Waals surface area contributed by atoms with Crippen molar-refractivity contribution in [1.82, 2.24) is 9.88 Å². The number of rotatable bonds is 5. The van der Waals surface area contributed by atoms with Crippen LogP contribution in [0.25, 0.3) is 0 Å². The number of amides is 1. The number of aromatic nitrogens is 1. The molecule has 0 aromatic carbocycles. The van der Waals surface area contributed by atoms with Crippen LogP contribution in [0.1, 0.15) is 25.3 Å². The second-order valence-corrected chi connectivity index (χ2v) is 3.57. The molecule has 0 aliphatic carbocycles. The molecule has 1 heterocycles. The summed E-state index contributed by atoms with van der Waals surface area (Å²) < 4.78 is 1.95. The molecule has 0 bridgehead atoms. The normalized spacial score (nSPS) is 10.1. The third-order valence-electron chi connectivity index (χ3n) is 2.11. The number of aryl methyl sites for hydroxylation is 1. The van der Waals surface area contributed by atoms with Crippen molar-refractivity contribution in [3.8, 4) is 0 Å². The van der Waals surface area contributed by atoms with E-state index in [2.05, 4.69) is 12.2 Å². The third kappa shape index (κ3) is 3.64. The van der Waals surface area contributed by atoms with Gasteiger partial charge in [0, 0.05) is 26.0 Å². The molecule has 3 heteroatoms. The predicted molar refractivity (Wildman–Crippen MR) is 57.0 cm³/mol. The molecule has 1 N–H and O–H groups in total. The van der Waals surface area contributed by atoms with Crippen molar-refractivity contribution in [2.24, 2.45) is 7.05 Å². The quantitative estimate of drug-likeness (QED) is 0.708. The van der Waals surface area contributed by atoms with Gasteiger partial charge in [-0.25, -0.2) is 0 Å². The minimum Gasteiger partial charge on any atom is -0.357 e. The van der Waals surface area contributed by atoms with Crippen molar-refractivity contribution in [3.05, 3.63) is 24.0 Å². The van der Waals surface area contributed by atoms with Crippen LogP contribution in [0, 0.1) is 0 Å². The molecule has 0 saturated heterocycles. The largest absolute Gasteiger partial charge is 0.357 e. The van der Waals surface area contributed by atoms with E-state index in [1.54, 1.807) is 0 Å². The maximum atomic E-state index is 11.4. The molecule has 0 aliphatic rings. The number of nitrogens with zero attached hydrogens (tertiary/aromatic N) is 1. The summed E-state index contributed by atoms with van der Waals surface area (Å²) in [5, 5.41) is 2.89. The molecule has 0 saturated carbocycles. The maximum absolute atomic E-state index is 11.4. The van der Waals surface area contributed by atoms with Crippen LogP contribution in [0.15, 0.2) is 18.5 Å². The van der Waals surface area contributed by atoms with E-state index in [-0.39, 0.29) is 5.91 Å². The fourth-order valence-corrected chi connectivity index (χ4v) is 1.32. The number of unbranched alkanes of at least 4 members (excludes halogenated alkanes) is 1. The van der Waals surface area contributed by atoms with Crippen LogP contribution in [0.4, 0.5) is 0 Å². The predicted octanol–water partition coefficient (Wildman–Crippen LogP) is 1.48. The minimum absolute atomic E-state index is 0.115. The number of hydrogen-bond donors (Lipinski definition) is 1. The lowest BCUT2D eigenvalue weighted by molar-refractivity contribution is -0.120. The van der Waals surface area contributed by atoms with Crippen molar-refractivity contribution in [1.29, 1.82) is 0 Å². The number of hydrogen-bond acceptors (Lipinski definition) is 1. The van der Waals surface area contributed by atoms with Gasteiger partial charge in [0.2, 0.25) is 5.91 Å². The second kappa shape index (κ2) is 5.47. The zero-order valence-electron chi connectivity index (χ0n) is 8.92. The highest BCUT2D eigenvalue weighted by molar-refractivity contribution is 5.78. The van der Waals surface area contributed by atoms with Crippen LogP contribution in [0.2, 0.25) is 0 Å². The van der Waals surface area contributed by atoms with Gasteiger partial charge >= 0.3 is 0 Å². The monoisotopic (exact) mass is 194 g/mol. The van der Waals surface area contributed by atoms with Crippen LogP contribution < -0.4 is 5.32 Å². The Balaban J connectivity index is 2.27. The van der Waals surface area contributed by atoms with E-state index in [0.717, 1.165) is 24.9 Å². The van der Waals surface area contributed by atoms with Crippen molar-refractivity contribution in [3.63, 3.8) is 0 Å². The topological polar surface area (TPSA) is 34.0 Å². The van der Waals surface area contributed by atoms with Gasteiger partial charge in [0.15, 0.2) is 0 Å². The first-order chi connectivity index (χ1) is 6.72. The molecule has 78 valence electrons. The molecule has 1 amide bonds. The molecule has 0 fully saturated rings. The van der Waals surface area contributed by atoms with Gasteiger partial charge < -0.3 is 9.88 Å². The summed E-state index contributed by atoms with van der Waals surface area (Å²) in [4.78, 5) is 11.4. The Morgan fingerprint density at radius 2 is 2.36 bits per heavy atom. The molecule has 1 rings (SSSR count). The summed E-state index contributed by atoms with van der Waals surface area (Å²) in [6.45, 7) is 2.91. The molecule has 0 aliphatic heterocycles. The van der Waals surface area contributed by atoms with E-state index in [4.69, 9.17) is 0 Å². The SMILES string of the molecule is CCCCNC(=O)Cc1ccn(C)c1. The van der Waals surface area contributed by atoms with Gasteiger partial charge in [0.05, 0.1) is 6.42 Å². The standard InChI is InChI=1S/C11H18N2O/c1-3-4-6-12-11(14)8-10-5-7-13(2)9-10/h5,7,9H,3-4,6,8H2,1-2H3,(H,12,14). The van der Waals surface area contributed by atoms with Crippen LogP contribution in [-0.4, -0.2) is 17.0 Å². The van der Waals surface area contributed by atoms with Crippen molar-refractivity contribution in [2.45, 2.75) is 26.2 Å². The lowest BCUT2D eigenvalue weighted by Gasteiger charge is -2.02. The van der Waals surface area contributed by atoms with Crippen LogP contribution >= 0.6 is 0 Å². The molecule has 0 unspecified atom stereocenters. The smallest absolute Gasteiger partial charge is 0.224 e. The summed E-state index contributed by atoms with van der Waals surface area (Å²) in [6, 6.07) is 1.97. The lowest BCUT2D eigenvalue weighted by atomic mass is 10.2. The highest BCUT2D eigenvalue weighted by Gasteiger charge is 2.02. The summed E-state index contributed by atoms with van der Waals surface area (Å²) in [5.41, 5.74) is 1.07. The Kier molecular flexibility index (Phi) is 4.23. The summed E-state index contributed by atoms with van der Waals surface area (Å²) >= 11 is 0. The van der Waals surface area contributed by atoms with Crippen LogP contribution in [0.5, 0.6) is 0 Å². The summed E-state index contributed by atoms with van der Waals surface area (Å²) in [6.07, 6.45) is 6.59. The van der Waals surface area contributed by atoms with Gasteiger partial charge in [-0.15, -0.1) is 0 Å². The van der Waals surface area contributed by atoms with Crippen molar-refractivity contribution < 1.29 is 4.79 Å². The number of nitrogens with one attached hydrogen (secondary N) is 1. The molecule has 0 spiro atoms. The number of carbonyl (C=O) groups excluding carboxylic acids is 1. The lowest BCUT2D eigenvalue weighted by Crippen LogP contribution is -2.25. The van der Waals surface area contributed by atoms with E-state index in [0.29, 0.717) is 6.42 Å². The first-order valence-electron chi connectivity index (χ1n) is 5.10.